The van der Waals surface area contributed by atoms with Crippen LogP contribution in [0.1, 0.15) is 18.1 Å². The van der Waals surface area contributed by atoms with Crippen LogP contribution in [0.15, 0.2) is 42.5 Å². The fraction of sp³-hybridized carbons (Fsp3) is 0.222. The normalized spacial score (nSPS) is 10.0. The number of nitrogens with one attached hydrogen (secondary N) is 2. The van der Waals surface area contributed by atoms with Crippen molar-refractivity contribution in [2.75, 3.05) is 17.2 Å². The number of aryl methyl sites for hydroxylation is 2. The number of ether oxygens (including phenoxy) is 1. The second-order valence-corrected chi connectivity index (χ2v) is 5.32. The molecule has 0 heterocycles. The van der Waals surface area contributed by atoms with E-state index in [0.717, 1.165) is 16.9 Å². The van der Waals surface area contributed by atoms with Crippen LogP contribution in [0.5, 0.6) is 5.75 Å². The van der Waals surface area contributed by atoms with E-state index in [1.807, 2.05) is 32.0 Å². The smallest absolute Gasteiger partial charge is 0.262 e. The summed E-state index contributed by atoms with van der Waals surface area (Å²) in [6.07, 6.45) is 0. The maximum atomic E-state index is 12.0. The minimum absolute atomic E-state index is 0.0564. The molecule has 5 heteroatoms. The van der Waals surface area contributed by atoms with Crippen molar-refractivity contribution in [3.8, 4) is 5.75 Å². The van der Waals surface area contributed by atoms with E-state index in [9.17, 15) is 9.59 Å². The zero-order valence-electron chi connectivity index (χ0n) is 13.5. The van der Waals surface area contributed by atoms with E-state index in [2.05, 4.69) is 10.6 Å². The van der Waals surface area contributed by atoms with Crippen molar-refractivity contribution in [3.63, 3.8) is 0 Å². The molecule has 0 atom stereocenters. The summed E-state index contributed by atoms with van der Waals surface area (Å²) in [4.78, 5) is 22.9. The van der Waals surface area contributed by atoms with Crippen LogP contribution in [0, 0.1) is 13.8 Å². The van der Waals surface area contributed by atoms with Gasteiger partial charge in [-0.3, -0.25) is 9.59 Å². The molecule has 0 bridgehead atoms. The second-order valence-electron chi connectivity index (χ2n) is 5.32. The van der Waals surface area contributed by atoms with Gasteiger partial charge in [-0.2, -0.15) is 0 Å². The SMILES string of the molecule is CC(=O)Nc1ccc(NC(=O)COc2c(C)cccc2C)cc1. The average Bonchev–Trinajstić information content (AvgIpc) is 2.48. The second kappa shape index (κ2) is 7.45. The van der Waals surface area contributed by atoms with Crippen LogP contribution in [0.2, 0.25) is 0 Å². The van der Waals surface area contributed by atoms with Crippen molar-refractivity contribution < 1.29 is 14.3 Å². The third-order valence-corrected chi connectivity index (χ3v) is 3.25. The van der Waals surface area contributed by atoms with Crippen LogP contribution >= 0.6 is 0 Å². The summed E-state index contributed by atoms with van der Waals surface area (Å²) in [5.41, 5.74) is 3.33. The quantitative estimate of drug-likeness (QED) is 0.890. The summed E-state index contributed by atoms with van der Waals surface area (Å²) in [5, 5.41) is 5.42. The Morgan fingerprint density at radius 2 is 1.43 bits per heavy atom. The maximum absolute atomic E-state index is 12.0. The molecule has 0 aliphatic carbocycles. The van der Waals surface area contributed by atoms with Crippen molar-refractivity contribution in [3.05, 3.63) is 53.6 Å². The van der Waals surface area contributed by atoms with Crippen LogP contribution in [-0.2, 0) is 9.59 Å². The molecule has 0 aliphatic rings. The fourth-order valence-corrected chi connectivity index (χ4v) is 2.20. The number of para-hydroxylation sites is 1. The Bertz CT molecular complexity index is 688. The van der Waals surface area contributed by atoms with Gasteiger partial charge in [0.2, 0.25) is 5.91 Å². The number of hydrogen-bond acceptors (Lipinski definition) is 3. The predicted octanol–water partition coefficient (Wildman–Crippen LogP) is 3.28. The van der Waals surface area contributed by atoms with Crippen LogP contribution in [0.4, 0.5) is 11.4 Å². The van der Waals surface area contributed by atoms with Crippen LogP contribution in [0.3, 0.4) is 0 Å². The molecule has 0 radical (unpaired) electrons. The molecule has 5 nitrogen and oxygen atoms in total. The van der Waals surface area contributed by atoms with Gasteiger partial charge in [-0.1, -0.05) is 18.2 Å². The maximum Gasteiger partial charge on any atom is 0.262 e. The average molecular weight is 312 g/mol. The largest absolute Gasteiger partial charge is 0.483 e. The minimum atomic E-state index is -0.236. The van der Waals surface area contributed by atoms with Gasteiger partial charge in [0, 0.05) is 18.3 Å². The first kappa shape index (κ1) is 16.5. The summed E-state index contributed by atoms with van der Waals surface area (Å²) in [6.45, 7) is 5.28. The highest BCUT2D eigenvalue weighted by Gasteiger charge is 2.07. The van der Waals surface area contributed by atoms with E-state index in [1.165, 1.54) is 6.92 Å². The lowest BCUT2D eigenvalue weighted by Crippen LogP contribution is -2.20. The molecule has 0 spiro atoms. The molecule has 2 N–H and O–H groups in total. The third-order valence-electron chi connectivity index (χ3n) is 3.25. The molecular weight excluding hydrogens is 292 g/mol. The van der Waals surface area contributed by atoms with Crippen molar-refractivity contribution in [1.29, 1.82) is 0 Å². The molecule has 2 aromatic carbocycles. The molecule has 120 valence electrons. The molecule has 2 rings (SSSR count). The number of carbonyl (C=O) groups excluding carboxylic acids is 2. The van der Waals surface area contributed by atoms with Crippen molar-refractivity contribution in [2.45, 2.75) is 20.8 Å². The lowest BCUT2D eigenvalue weighted by atomic mass is 10.1. The van der Waals surface area contributed by atoms with Gasteiger partial charge in [-0.05, 0) is 49.2 Å². The Morgan fingerprint density at radius 3 is 1.96 bits per heavy atom. The van der Waals surface area contributed by atoms with E-state index in [4.69, 9.17) is 4.74 Å². The standard InChI is InChI=1S/C18H20N2O3/c1-12-5-4-6-13(2)18(12)23-11-17(22)20-16-9-7-15(8-10-16)19-14(3)21/h4-10H,11H2,1-3H3,(H,19,21)(H,20,22). The number of benzene rings is 2. The van der Waals surface area contributed by atoms with Gasteiger partial charge in [0.15, 0.2) is 6.61 Å². The van der Waals surface area contributed by atoms with Crippen LogP contribution in [-0.4, -0.2) is 18.4 Å². The van der Waals surface area contributed by atoms with Gasteiger partial charge >= 0.3 is 0 Å². The van der Waals surface area contributed by atoms with Crippen LogP contribution in [0.25, 0.3) is 0 Å². The molecular formula is C18H20N2O3. The summed E-state index contributed by atoms with van der Waals surface area (Å²) in [6, 6.07) is 12.7. The zero-order chi connectivity index (χ0) is 16.8. The highest BCUT2D eigenvalue weighted by molar-refractivity contribution is 5.93. The van der Waals surface area contributed by atoms with E-state index in [0.29, 0.717) is 11.4 Å². The van der Waals surface area contributed by atoms with Gasteiger partial charge in [0.05, 0.1) is 0 Å². The third kappa shape index (κ3) is 4.85. The molecule has 0 unspecified atom stereocenters. The lowest BCUT2D eigenvalue weighted by Gasteiger charge is -2.12. The topological polar surface area (TPSA) is 67.4 Å². The first-order chi connectivity index (χ1) is 11.0. The Hall–Kier alpha value is -2.82. The van der Waals surface area contributed by atoms with Crippen molar-refractivity contribution >= 4 is 23.2 Å². The highest BCUT2D eigenvalue weighted by atomic mass is 16.5. The highest BCUT2D eigenvalue weighted by Crippen LogP contribution is 2.22. The van der Waals surface area contributed by atoms with Gasteiger partial charge in [0.1, 0.15) is 5.75 Å². The number of anilines is 2. The van der Waals surface area contributed by atoms with Crippen LogP contribution < -0.4 is 15.4 Å². The molecule has 0 saturated heterocycles. The summed E-state index contributed by atoms with van der Waals surface area (Å²) in [7, 11) is 0. The number of amides is 2. The Kier molecular flexibility index (Phi) is 5.36. The van der Waals surface area contributed by atoms with E-state index >= 15 is 0 Å². The summed E-state index contributed by atoms with van der Waals surface area (Å²) in [5.74, 6) is 0.368. The molecule has 0 saturated carbocycles. The first-order valence-electron chi connectivity index (χ1n) is 7.32. The van der Waals surface area contributed by atoms with Gasteiger partial charge in [0.25, 0.3) is 5.91 Å². The monoisotopic (exact) mass is 312 g/mol. The first-order valence-corrected chi connectivity index (χ1v) is 7.32. The number of hydrogen-bond donors (Lipinski definition) is 2. The fourth-order valence-electron chi connectivity index (χ4n) is 2.20. The Morgan fingerprint density at radius 1 is 0.913 bits per heavy atom. The Labute approximate surface area is 135 Å². The van der Waals surface area contributed by atoms with E-state index in [1.54, 1.807) is 24.3 Å². The number of carbonyl (C=O) groups is 2. The molecule has 0 aromatic heterocycles. The van der Waals surface area contributed by atoms with Gasteiger partial charge in [-0.25, -0.2) is 0 Å². The zero-order valence-corrected chi connectivity index (χ0v) is 13.5. The summed E-state index contributed by atoms with van der Waals surface area (Å²) >= 11 is 0. The van der Waals surface area contributed by atoms with Gasteiger partial charge in [-0.15, -0.1) is 0 Å². The Balaban J connectivity index is 1.91. The van der Waals surface area contributed by atoms with E-state index < -0.39 is 0 Å². The molecule has 23 heavy (non-hydrogen) atoms. The number of rotatable bonds is 5. The molecule has 2 aromatic rings. The molecule has 0 aliphatic heterocycles. The van der Waals surface area contributed by atoms with E-state index in [-0.39, 0.29) is 18.4 Å². The van der Waals surface area contributed by atoms with Crippen molar-refractivity contribution in [1.82, 2.24) is 0 Å². The summed E-state index contributed by atoms with van der Waals surface area (Å²) < 4.78 is 5.61. The molecule has 2 amide bonds. The van der Waals surface area contributed by atoms with Crippen molar-refractivity contribution in [2.24, 2.45) is 0 Å². The lowest BCUT2D eigenvalue weighted by molar-refractivity contribution is -0.118. The minimum Gasteiger partial charge on any atom is -0.483 e. The molecule has 0 fully saturated rings. The predicted molar refractivity (Wildman–Crippen MR) is 90.8 cm³/mol. The van der Waals surface area contributed by atoms with Gasteiger partial charge < -0.3 is 15.4 Å².